The van der Waals surface area contributed by atoms with Crippen LogP contribution in [-0.2, 0) is 15.4 Å². The molecule has 2 aromatic carbocycles. The summed E-state index contributed by atoms with van der Waals surface area (Å²) in [4.78, 5) is 0.305. The van der Waals surface area contributed by atoms with Crippen LogP contribution >= 0.6 is 0 Å². The molecule has 122 valence electrons. The second kappa shape index (κ2) is 5.98. The van der Waals surface area contributed by atoms with E-state index in [-0.39, 0.29) is 5.41 Å². The van der Waals surface area contributed by atoms with Gasteiger partial charge in [-0.25, -0.2) is 13.1 Å². The van der Waals surface area contributed by atoms with E-state index in [0.29, 0.717) is 11.4 Å². The topological polar surface area (TPSA) is 55.4 Å². The minimum atomic E-state index is -3.49. The molecule has 0 aliphatic heterocycles. The quantitative estimate of drug-likeness (QED) is 0.885. The van der Waals surface area contributed by atoms with E-state index in [4.69, 9.17) is 4.74 Å². The highest BCUT2D eigenvalue weighted by Crippen LogP contribution is 2.50. The molecule has 1 aliphatic rings. The van der Waals surface area contributed by atoms with Crippen LogP contribution < -0.4 is 9.46 Å². The maximum Gasteiger partial charge on any atom is 0.240 e. The Bertz CT molecular complexity index is 793. The summed E-state index contributed by atoms with van der Waals surface area (Å²) in [5.74, 6) is 0.819. The van der Waals surface area contributed by atoms with E-state index < -0.39 is 10.0 Å². The van der Waals surface area contributed by atoms with Crippen molar-refractivity contribution >= 4 is 10.0 Å². The third kappa shape index (κ3) is 3.26. The lowest BCUT2D eigenvalue weighted by atomic mass is 9.95. The van der Waals surface area contributed by atoms with Crippen molar-refractivity contribution in [1.29, 1.82) is 0 Å². The molecule has 1 saturated carbocycles. The van der Waals surface area contributed by atoms with Crippen LogP contribution in [0.25, 0.3) is 0 Å². The van der Waals surface area contributed by atoms with E-state index >= 15 is 0 Å². The van der Waals surface area contributed by atoms with Crippen molar-refractivity contribution in [2.24, 2.45) is 0 Å². The lowest BCUT2D eigenvalue weighted by Gasteiger charge is -2.19. The van der Waals surface area contributed by atoms with Gasteiger partial charge < -0.3 is 4.74 Å². The van der Waals surface area contributed by atoms with Gasteiger partial charge in [0.15, 0.2) is 0 Å². The molecule has 0 atom stereocenters. The summed E-state index contributed by atoms with van der Waals surface area (Å²) in [5, 5.41) is 0. The minimum absolute atomic E-state index is 0.148. The Labute approximate surface area is 137 Å². The number of hydrogen-bond acceptors (Lipinski definition) is 3. The van der Waals surface area contributed by atoms with Gasteiger partial charge in [0.2, 0.25) is 10.0 Å². The lowest BCUT2D eigenvalue weighted by molar-refractivity contribution is 0.403. The van der Waals surface area contributed by atoms with Gasteiger partial charge in [0.25, 0.3) is 0 Å². The summed E-state index contributed by atoms with van der Waals surface area (Å²) < 4.78 is 33.1. The van der Waals surface area contributed by atoms with E-state index in [0.717, 1.165) is 29.7 Å². The largest absolute Gasteiger partial charge is 0.496 e. The third-order valence-corrected chi connectivity index (χ3v) is 5.88. The first-order chi connectivity index (χ1) is 11.0. The zero-order valence-electron chi connectivity index (χ0n) is 13.4. The smallest absolute Gasteiger partial charge is 0.240 e. The molecule has 0 heterocycles. The maximum atomic E-state index is 12.5. The van der Waals surface area contributed by atoms with Gasteiger partial charge in [0, 0.05) is 17.5 Å². The van der Waals surface area contributed by atoms with Crippen molar-refractivity contribution in [3.8, 4) is 5.75 Å². The second-order valence-corrected chi connectivity index (χ2v) is 7.89. The molecule has 0 aromatic heterocycles. The number of ether oxygens (including phenoxy) is 1. The Kier molecular flexibility index (Phi) is 4.17. The van der Waals surface area contributed by atoms with Gasteiger partial charge in [-0.05, 0) is 38.0 Å². The van der Waals surface area contributed by atoms with Crippen LogP contribution in [0.15, 0.2) is 53.4 Å². The molecule has 1 N–H and O–H groups in total. The van der Waals surface area contributed by atoms with E-state index in [9.17, 15) is 8.42 Å². The Morgan fingerprint density at radius 1 is 1.09 bits per heavy atom. The highest BCUT2D eigenvalue weighted by molar-refractivity contribution is 7.89. The van der Waals surface area contributed by atoms with Crippen LogP contribution in [0, 0.1) is 6.92 Å². The molecule has 0 unspecified atom stereocenters. The lowest BCUT2D eigenvalue weighted by Crippen LogP contribution is -2.32. The number of benzene rings is 2. The number of nitrogens with one attached hydrogen (secondary N) is 1. The molecule has 3 rings (SSSR count). The van der Waals surface area contributed by atoms with E-state index in [1.54, 1.807) is 19.2 Å². The molecule has 5 heteroatoms. The Balaban J connectivity index is 1.78. The molecule has 0 radical (unpaired) electrons. The van der Waals surface area contributed by atoms with Gasteiger partial charge in [0.1, 0.15) is 5.75 Å². The van der Waals surface area contributed by atoms with Crippen LogP contribution in [-0.4, -0.2) is 22.1 Å². The van der Waals surface area contributed by atoms with Crippen LogP contribution in [0.3, 0.4) is 0 Å². The molecular weight excluding hydrogens is 310 g/mol. The zero-order chi connectivity index (χ0) is 16.5. The first-order valence-corrected chi connectivity index (χ1v) is 9.15. The fourth-order valence-corrected chi connectivity index (χ4v) is 3.94. The number of para-hydroxylation sites is 1. The average molecular weight is 331 g/mol. The summed E-state index contributed by atoms with van der Waals surface area (Å²) in [7, 11) is -1.84. The Hall–Kier alpha value is -1.85. The number of hydrogen-bond donors (Lipinski definition) is 1. The second-order valence-electron chi connectivity index (χ2n) is 6.12. The van der Waals surface area contributed by atoms with E-state index in [2.05, 4.69) is 4.72 Å². The highest BCUT2D eigenvalue weighted by atomic mass is 32.2. The maximum absolute atomic E-state index is 12.5. The average Bonchev–Trinajstić information content (AvgIpc) is 3.35. The van der Waals surface area contributed by atoms with Crippen LogP contribution in [0.4, 0.5) is 0 Å². The normalized spacial score (nSPS) is 16.1. The van der Waals surface area contributed by atoms with Gasteiger partial charge in [-0.2, -0.15) is 0 Å². The SMILES string of the molecule is COc1ccccc1C1(CNS(=O)(=O)c2ccc(C)cc2)CC1. The monoisotopic (exact) mass is 331 g/mol. The van der Waals surface area contributed by atoms with E-state index in [1.165, 1.54) is 0 Å². The number of rotatable bonds is 6. The standard InChI is InChI=1S/C18H21NO3S/c1-14-7-9-15(10-8-14)23(20,21)19-13-18(11-12-18)16-5-3-4-6-17(16)22-2/h3-10,19H,11-13H2,1-2H3. The predicted molar refractivity (Wildman–Crippen MR) is 90.3 cm³/mol. The zero-order valence-corrected chi connectivity index (χ0v) is 14.2. The van der Waals surface area contributed by atoms with Crippen molar-refractivity contribution in [2.75, 3.05) is 13.7 Å². The Morgan fingerprint density at radius 3 is 2.35 bits per heavy atom. The van der Waals surface area contributed by atoms with Crippen molar-refractivity contribution in [1.82, 2.24) is 4.72 Å². The summed E-state index contributed by atoms with van der Waals surface area (Å²) >= 11 is 0. The third-order valence-electron chi connectivity index (χ3n) is 4.46. The summed E-state index contributed by atoms with van der Waals surface area (Å²) in [5.41, 5.74) is 1.97. The van der Waals surface area contributed by atoms with Crippen molar-refractivity contribution in [3.63, 3.8) is 0 Å². The molecule has 0 amide bonds. The van der Waals surface area contributed by atoms with Gasteiger partial charge >= 0.3 is 0 Å². The molecule has 0 saturated heterocycles. The molecule has 1 aliphatic carbocycles. The summed E-state index contributed by atoms with van der Waals surface area (Å²) in [6.07, 6.45) is 1.92. The van der Waals surface area contributed by atoms with Crippen LogP contribution in [0.5, 0.6) is 5.75 Å². The molecule has 0 spiro atoms. The van der Waals surface area contributed by atoms with Crippen LogP contribution in [0.1, 0.15) is 24.0 Å². The Morgan fingerprint density at radius 2 is 1.74 bits per heavy atom. The van der Waals surface area contributed by atoms with Gasteiger partial charge in [-0.1, -0.05) is 35.9 Å². The van der Waals surface area contributed by atoms with Crippen molar-refractivity contribution in [2.45, 2.75) is 30.1 Å². The van der Waals surface area contributed by atoms with E-state index in [1.807, 2.05) is 43.3 Å². The van der Waals surface area contributed by atoms with Gasteiger partial charge in [-0.15, -0.1) is 0 Å². The fourth-order valence-electron chi connectivity index (χ4n) is 2.81. The molecule has 2 aromatic rings. The van der Waals surface area contributed by atoms with Crippen LogP contribution in [0.2, 0.25) is 0 Å². The van der Waals surface area contributed by atoms with Crippen molar-refractivity contribution in [3.05, 3.63) is 59.7 Å². The fraction of sp³-hybridized carbons (Fsp3) is 0.333. The van der Waals surface area contributed by atoms with Gasteiger partial charge in [-0.3, -0.25) is 0 Å². The summed E-state index contributed by atoms with van der Waals surface area (Å²) in [6, 6.07) is 14.7. The first kappa shape index (κ1) is 16.0. The highest BCUT2D eigenvalue weighted by Gasteiger charge is 2.46. The molecular formula is C18H21NO3S. The molecule has 0 bridgehead atoms. The number of sulfonamides is 1. The minimum Gasteiger partial charge on any atom is -0.496 e. The predicted octanol–water partition coefficient (Wildman–Crippen LogP) is 3.01. The molecule has 1 fully saturated rings. The van der Waals surface area contributed by atoms with Gasteiger partial charge in [0.05, 0.1) is 12.0 Å². The first-order valence-electron chi connectivity index (χ1n) is 7.67. The van der Waals surface area contributed by atoms with Crippen molar-refractivity contribution < 1.29 is 13.2 Å². The summed E-state index contributed by atoms with van der Waals surface area (Å²) in [6.45, 7) is 2.33. The number of methoxy groups -OCH3 is 1. The molecule has 4 nitrogen and oxygen atoms in total. The molecule has 23 heavy (non-hydrogen) atoms. The number of aryl methyl sites for hydroxylation is 1.